The predicted octanol–water partition coefficient (Wildman–Crippen LogP) is 5.60. The second-order valence-electron chi connectivity index (χ2n) is 9.66. The molecule has 6 N–H and O–H groups in total. The summed E-state index contributed by atoms with van der Waals surface area (Å²) < 4.78 is 0. The third-order valence-electron chi connectivity index (χ3n) is 6.58. The number of aromatic nitrogens is 4. The lowest BCUT2D eigenvalue weighted by Crippen LogP contribution is -2.13. The minimum Gasteiger partial charge on any atom is -0.384 e. The van der Waals surface area contributed by atoms with Gasteiger partial charge in [0.1, 0.15) is 23.3 Å². The molecule has 0 spiro atoms. The van der Waals surface area contributed by atoms with Crippen LogP contribution in [0.1, 0.15) is 88.0 Å². The Morgan fingerprint density at radius 1 is 0.676 bits per heavy atom. The van der Waals surface area contributed by atoms with Gasteiger partial charge in [0.25, 0.3) is 0 Å². The summed E-state index contributed by atoms with van der Waals surface area (Å²) in [5.41, 5.74) is 18.0. The first-order valence-electron chi connectivity index (χ1n) is 13.6. The van der Waals surface area contributed by atoms with Crippen molar-refractivity contribution in [2.24, 2.45) is 21.5 Å². The number of imidazole rings is 2. The summed E-state index contributed by atoms with van der Waals surface area (Å²) in [5, 5.41) is 0. The van der Waals surface area contributed by atoms with Crippen LogP contribution in [0.15, 0.2) is 46.4 Å². The lowest BCUT2D eigenvalue weighted by molar-refractivity contribution is 0.675. The summed E-state index contributed by atoms with van der Waals surface area (Å²) in [5.74, 6) is 2.84. The average Bonchev–Trinajstić information content (AvgIpc) is 3.49. The van der Waals surface area contributed by atoms with Crippen molar-refractivity contribution in [2.75, 3.05) is 13.1 Å². The maximum atomic E-state index is 6.24. The number of aliphatic imine (C=N–C) groups is 2. The number of rotatable bonds is 14. The van der Waals surface area contributed by atoms with Crippen molar-refractivity contribution in [1.29, 1.82) is 0 Å². The number of benzene rings is 2. The highest BCUT2D eigenvalue weighted by Gasteiger charge is 2.10. The number of amidine groups is 2. The van der Waals surface area contributed by atoms with Gasteiger partial charge in [-0.2, -0.15) is 0 Å². The van der Waals surface area contributed by atoms with Gasteiger partial charge in [-0.1, -0.05) is 52.4 Å². The van der Waals surface area contributed by atoms with Crippen molar-refractivity contribution in [3.63, 3.8) is 0 Å². The zero-order chi connectivity index (χ0) is 26.0. The van der Waals surface area contributed by atoms with E-state index in [2.05, 4.69) is 33.8 Å². The fraction of sp³-hybridized carbons (Fsp3) is 0.448. The molecule has 0 unspecified atom stereocenters. The normalized spacial score (nSPS) is 12.7. The molecular weight excluding hydrogens is 460 g/mol. The number of hydrogen-bond donors (Lipinski definition) is 4. The van der Waals surface area contributed by atoms with Gasteiger partial charge in [0.2, 0.25) is 0 Å². The molecule has 0 saturated carbocycles. The average molecular weight is 501 g/mol. The molecule has 0 fully saturated rings. The molecule has 0 saturated heterocycles. The Labute approximate surface area is 219 Å². The van der Waals surface area contributed by atoms with Gasteiger partial charge < -0.3 is 21.4 Å². The molecule has 0 aliphatic carbocycles. The number of nitrogens with zero attached hydrogens (tertiary/aromatic N) is 4. The highest BCUT2D eigenvalue weighted by Crippen LogP contribution is 2.18. The Morgan fingerprint density at radius 2 is 1.14 bits per heavy atom. The smallest absolute Gasteiger partial charge is 0.125 e. The van der Waals surface area contributed by atoms with Gasteiger partial charge >= 0.3 is 0 Å². The topological polar surface area (TPSA) is 134 Å². The highest BCUT2D eigenvalue weighted by molar-refractivity contribution is 6.00. The monoisotopic (exact) mass is 500 g/mol. The first kappa shape index (κ1) is 26.4. The molecular formula is C29H40N8. The Morgan fingerprint density at radius 3 is 1.57 bits per heavy atom. The molecule has 2 heterocycles. The van der Waals surface area contributed by atoms with Gasteiger partial charge in [0, 0.05) is 24.2 Å². The quantitative estimate of drug-likeness (QED) is 0.102. The summed E-state index contributed by atoms with van der Waals surface area (Å²) in [6, 6.07) is 12.0. The molecule has 0 aliphatic rings. The van der Waals surface area contributed by atoms with Crippen LogP contribution < -0.4 is 11.5 Å². The van der Waals surface area contributed by atoms with Crippen LogP contribution >= 0.6 is 0 Å². The van der Waals surface area contributed by atoms with E-state index in [1.807, 2.05) is 36.4 Å². The second-order valence-corrected chi connectivity index (χ2v) is 9.66. The predicted molar refractivity (Wildman–Crippen MR) is 154 cm³/mol. The number of aromatic amines is 2. The number of nitrogens with one attached hydrogen (secondary N) is 2. The number of H-pyrrole nitrogens is 2. The van der Waals surface area contributed by atoms with E-state index in [-0.39, 0.29) is 0 Å². The molecule has 4 aromatic rings. The SMILES string of the molecule is CCCCCCN=C(N)c1ccc2nc(Cc3nc4ccc(C(N)=NCCCCCC)cc4[nH]3)[nH]c2c1. The largest absolute Gasteiger partial charge is 0.384 e. The zero-order valence-corrected chi connectivity index (χ0v) is 22.2. The minimum absolute atomic E-state index is 0.566. The van der Waals surface area contributed by atoms with Gasteiger partial charge in [0.05, 0.1) is 28.5 Å². The lowest BCUT2D eigenvalue weighted by atomic mass is 10.2. The second kappa shape index (κ2) is 13.0. The van der Waals surface area contributed by atoms with Crippen LogP contribution in [0.4, 0.5) is 0 Å². The van der Waals surface area contributed by atoms with Crippen molar-refractivity contribution in [3.8, 4) is 0 Å². The van der Waals surface area contributed by atoms with Crippen LogP contribution in [0.2, 0.25) is 0 Å². The Hall–Kier alpha value is -3.68. The van der Waals surface area contributed by atoms with Crippen LogP contribution in [0.5, 0.6) is 0 Å². The summed E-state index contributed by atoms with van der Waals surface area (Å²) in [4.78, 5) is 25.4. The van der Waals surface area contributed by atoms with Crippen molar-refractivity contribution in [3.05, 3.63) is 59.2 Å². The molecule has 0 bridgehead atoms. The molecule has 8 heteroatoms. The molecule has 4 rings (SSSR count). The van der Waals surface area contributed by atoms with Gasteiger partial charge in [0.15, 0.2) is 0 Å². The molecule has 0 aliphatic heterocycles. The molecule has 0 amide bonds. The van der Waals surface area contributed by atoms with E-state index in [4.69, 9.17) is 21.4 Å². The Balaban J connectivity index is 1.42. The fourth-order valence-corrected chi connectivity index (χ4v) is 4.43. The molecule has 0 atom stereocenters. The molecule has 0 radical (unpaired) electrons. The maximum Gasteiger partial charge on any atom is 0.125 e. The fourth-order valence-electron chi connectivity index (χ4n) is 4.43. The van der Waals surface area contributed by atoms with Crippen LogP contribution in [-0.2, 0) is 6.42 Å². The first-order chi connectivity index (χ1) is 18.1. The Kier molecular flexibility index (Phi) is 9.29. The van der Waals surface area contributed by atoms with Crippen LogP contribution in [0.25, 0.3) is 22.1 Å². The van der Waals surface area contributed by atoms with Gasteiger partial charge in [-0.25, -0.2) is 9.97 Å². The summed E-state index contributed by atoms with van der Waals surface area (Å²) in [6.45, 7) is 5.95. The van der Waals surface area contributed by atoms with Crippen molar-refractivity contribution in [1.82, 2.24) is 19.9 Å². The van der Waals surface area contributed by atoms with E-state index in [0.29, 0.717) is 18.1 Å². The molecule has 2 aromatic heterocycles. The third kappa shape index (κ3) is 7.18. The number of unbranched alkanes of at least 4 members (excludes halogenated alkanes) is 6. The lowest BCUT2D eigenvalue weighted by Gasteiger charge is -2.01. The van der Waals surface area contributed by atoms with Crippen molar-refractivity contribution >= 4 is 33.7 Å². The zero-order valence-electron chi connectivity index (χ0n) is 22.2. The Bertz CT molecular complexity index is 1260. The van der Waals surface area contributed by atoms with Crippen LogP contribution in [0, 0.1) is 0 Å². The molecule has 2 aromatic carbocycles. The number of fused-ring (bicyclic) bond motifs is 2. The van der Waals surface area contributed by atoms with Crippen LogP contribution in [-0.4, -0.2) is 44.7 Å². The summed E-state index contributed by atoms with van der Waals surface area (Å²) in [7, 11) is 0. The van der Waals surface area contributed by atoms with Crippen molar-refractivity contribution < 1.29 is 0 Å². The van der Waals surface area contributed by atoms with E-state index in [1.165, 1.54) is 38.5 Å². The highest BCUT2D eigenvalue weighted by atomic mass is 15.0. The molecule has 196 valence electrons. The summed E-state index contributed by atoms with van der Waals surface area (Å²) in [6.07, 6.45) is 10.0. The third-order valence-corrected chi connectivity index (χ3v) is 6.58. The van der Waals surface area contributed by atoms with Gasteiger partial charge in [-0.05, 0) is 49.2 Å². The standard InChI is InChI=1S/C29H40N8/c1-3-5-7-9-15-32-28(30)20-11-13-22-24(17-20)36-26(34-22)19-27-35-23-14-12-21(18-25(23)37-27)29(31)33-16-10-8-6-4-2/h11-14,17-18H,3-10,15-16,19H2,1-2H3,(H2,30,32)(H2,31,33)(H,34,36)(H,35,37). The maximum absolute atomic E-state index is 6.24. The van der Waals surface area contributed by atoms with E-state index in [1.54, 1.807) is 0 Å². The number of nitrogens with two attached hydrogens (primary N) is 2. The first-order valence-corrected chi connectivity index (χ1v) is 13.6. The van der Waals surface area contributed by atoms with Crippen LogP contribution in [0.3, 0.4) is 0 Å². The molecule has 8 nitrogen and oxygen atoms in total. The van der Waals surface area contributed by atoms with E-state index in [9.17, 15) is 0 Å². The number of hydrogen-bond acceptors (Lipinski definition) is 4. The van der Waals surface area contributed by atoms with E-state index < -0.39 is 0 Å². The van der Waals surface area contributed by atoms with E-state index >= 15 is 0 Å². The van der Waals surface area contributed by atoms with E-state index in [0.717, 1.165) is 70.8 Å². The molecule has 37 heavy (non-hydrogen) atoms. The summed E-state index contributed by atoms with van der Waals surface area (Å²) >= 11 is 0. The van der Waals surface area contributed by atoms with Gasteiger partial charge in [-0.3, -0.25) is 9.98 Å². The van der Waals surface area contributed by atoms with Crippen molar-refractivity contribution in [2.45, 2.75) is 71.6 Å². The minimum atomic E-state index is 0.566. The van der Waals surface area contributed by atoms with Gasteiger partial charge in [-0.15, -0.1) is 0 Å².